The van der Waals surface area contributed by atoms with Gasteiger partial charge in [0.15, 0.2) is 5.13 Å². The number of amides is 1. The first-order valence-corrected chi connectivity index (χ1v) is 8.19. The van der Waals surface area contributed by atoms with Gasteiger partial charge < -0.3 is 4.42 Å². The number of aromatic nitrogens is 1. The molecule has 0 aliphatic carbocycles. The molecule has 0 saturated carbocycles. The Kier molecular flexibility index (Phi) is 4.81. The van der Waals surface area contributed by atoms with Crippen molar-refractivity contribution < 1.29 is 9.21 Å². The highest BCUT2D eigenvalue weighted by atomic mass is 35.5. The highest BCUT2D eigenvalue weighted by Gasteiger charge is 2.10. The van der Waals surface area contributed by atoms with E-state index in [1.54, 1.807) is 42.7 Å². The van der Waals surface area contributed by atoms with E-state index < -0.39 is 0 Å². The fourth-order valence-corrected chi connectivity index (χ4v) is 3.06. The molecule has 0 aliphatic rings. The maximum Gasteiger partial charge on any atom is 0.250 e. The van der Waals surface area contributed by atoms with Crippen molar-refractivity contribution in [3.05, 3.63) is 63.9 Å². The molecule has 1 amide bonds. The number of thiazole rings is 1. The molecule has 23 heavy (non-hydrogen) atoms. The Labute approximate surface area is 146 Å². The van der Waals surface area contributed by atoms with Gasteiger partial charge in [0.2, 0.25) is 5.91 Å². The quantitative estimate of drug-likeness (QED) is 0.633. The van der Waals surface area contributed by atoms with E-state index in [2.05, 4.69) is 10.3 Å². The van der Waals surface area contributed by atoms with E-state index in [0.29, 0.717) is 26.6 Å². The van der Waals surface area contributed by atoms with E-state index in [9.17, 15) is 4.79 Å². The van der Waals surface area contributed by atoms with Crippen molar-refractivity contribution in [3.8, 4) is 11.3 Å². The number of anilines is 1. The summed E-state index contributed by atoms with van der Waals surface area (Å²) in [4.78, 5) is 16.2. The zero-order valence-corrected chi connectivity index (χ0v) is 14.0. The number of benzene rings is 1. The Bertz CT molecular complexity index is 857. The summed E-state index contributed by atoms with van der Waals surface area (Å²) in [5.41, 5.74) is 1.45. The molecule has 0 fully saturated rings. The van der Waals surface area contributed by atoms with Crippen LogP contribution < -0.4 is 5.32 Å². The van der Waals surface area contributed by atoms with Gasteiger partial charge in [0, 0.05) is 22.0 Å². The fraction of sp³-hybridized carbons (Fsp3) is 0. The highest BCUT2D eigenvalue weighted by molar-refractivity contribution is 7.14. The zero-order valence-electron chi connectivity index (χ0n) is 11.6. The minimum Gasteiger partial charge on any atom is -0.465 e. The highest BCUT2D eigenvalue weighted by Crippen LogP contribution is 2.32. The van der Waals surface area contributed by atoms with Gasteiger partial charge in [-0.1, -0.05) is 23.2 Å². The molecule has 3 rings (SSSR count). The summed E-state index contributed by atoms with van der Waals surface area (Å²) in [6.45, 7) is 0. The number of nitrogens with zero attached hydrogens (tertiary/aromatic N) is 1. The molecular weight excluding hydrogens is 355 g/mol. The van der Waals surface area contributed by atoms with Gasteiger partial charge in [0.1, 0.15) is 5.76 Å². The van der Waals surface area contributed by atoms with Crippen LogP contribution in [-0.4, -0.2) is 10.9 Å². The molecule has 3 aromatic rings. The molecule has 4 nitrogen and oxygen atoms in total. The maximum absolute atomic E-state index is 11.8. The number of carbonyl (C=O) groups excluding carboxylic acids is 1. The lowest BCUT2D eigenvalue weighted by molar-refractivity contribution is -0.111. The average molecular weight is 365 g/mol. The van der Waals surface area contributed by atoms with Crippen molar-refractivity contribution >= 4 is 51.7 Å². The third kappa shape index (κ3) is 4.01. The first-order chi connectivity index (χ1) is 11.1. The van der Waals surface area contributed by atoms with Gasteiger partial charge in [-0.15, -0.1) is 11.3 Å². The first kappa shape index (κ1) is 15.8. The van der Waals surface area contributed by atoms with Crippen LogP contribution in [0.3, 0.4) is 0 Å². The zero-order chi connectivity index (χ0) is 16.2. The second-order valence-electron chi connectivity index (χ2n) is 4.50. The van der Waals surface area contributed by atoms with Gasteiger partial charge in [0.05, 0.1) is 17.0 Å². The van der Waals surface area contributed by atoms with Gasteiger partial charge in [-0.25, -0.2) is 4.98 Å². The largest absolute Gasteiger partial charge is 0.465 e. The van der Waals surface area contributed by atoms with Crippen LogP contribution in [0.2, 0.25) is 10.0 Å². The molecule has 2 aromatic heterocycles. The third-order valence-electron chi connectivity index (χ3n) is 2.88. The van der Waals surface area contributed by atoms with Crippen LogP contribution in [0.1, 0.15) is 5.76 Å². The van der Waals surface area contributed by atoms with Crippen LogP contribution in [-0.2, 0) is 4.79 Å². The van der Waals surface area contributed by atoms with Gasteiger partial charge in [-0.2, -0.15) is 0 Å². The van der Waals surface area contributed by atoms with Crippen LogP contribution in [0.15, 0.2) is 52.5 Å². The number of halogens is 2. The van der Waals surface area contributed by atoms with Crippen LogP contribution in [0.25, 0.3) is 17.3 Å². The maximum atomic E-state index is 11.8. The lowest BCUT2D eigenvalue weighted by Gasteiger charge is -2.01. The smallest absolute Gasteiger partial charge is 0.250 e. The SMILES string of the molecule is O=C(/C=C/c1ccco1)Nc1nc(-c2ccc(Cl)cc2Cl)cs1. The Morgan fingerprint density at radius 2 is 2.17 bits per heavy atom. The van der Waals surface area contributed by atoms with Crippen molar-refractivity contribution in [3.63, 3.8) is 0 Å². The van der Waals surface area contributed by atoms with Crippen molar-refractivity contribution in [2.75, 3.05) is 5.32 Å². The topological polar surface area (TPSA) is 55.1 Å². The van der Waals surface area contributed by atoms with Gasteiger partial charge in [-0.3, -0.25) is 10.1 Å². The number of hydrogen-bond donors (Lipinski definition) is 1. The van der Waals surface area contributed by atoms with E-state index >= 15 is 0 Å². The summed E-state index contributed by atoms with van der Waals surface area (Å²) in [5, 5.41) is 6.08. The number of carbonyl (C=O) groups is 1. The summed E-state index contributed by atoms with van der Waals surface area (Å²) in [6, 6.07) is 8.70. The lowest BCUT2D eigenvalue weighted by Crippen LogP contribution is -2.07. The predicted octanol–water partition coefficient (Wildman–Crippen LogP) is 5.36. The first-order valence-electron chi connectivity index (χ1n) is 6.55. The Balaban J connectivity index is 1.71. The molecule has 116 valence electrons. The monoisotopic (exact) mass is 364 g/mol. The van der Waals surface area contributed by atoms with E-state index in [1.807, 2.05) is 5.38 Å². The minimum absolute atomic E-state index is 0.287. The van der Waals surface area contributed by atoms with Crippen molar-refractivity contribution in [1.82, 2.24) is 4.98 Å². The molecule has 0 bridgehead atoms. The van der Waals surface area contributed by atoms with E-state index in [1.165, 1.54) is 17.4 Å². The number of hydrogen-bond acceptors (Lipinski definition) is 4. The summed E-state index contributed by atoms with van der Waals surface area (Å²) >= 11 is 13.4. The second kappa shape index (κ2) is 7.00. The molecule has 7 heteroatoms. The number of rotatable bonds is 4. The van der Waals surface area contributed by atoms with Gasteiger partial charge >= 0.3 is 0 Å². The Hall–Kier alpha value is -2.08. The second-order valence-corrected chi connectivity index (χ2v) is 6.20. The molecule has 1 aromatic carbocycles. The van der Waals surface area contributed by atoms with Crippen LogP contribution in [0.5, 0.6) is 0 Å². The molecule has 0 unspecified atom stereocenters. The van der Waals surface area contributed by atoms with Crippen molar-refractivity contribution in [1.29, 1.82) is 0 Å². The van der Waals surface area contributed by atoms with Crippen LogP contribution in [0.4, 0.5) is 5.13 Å². The molecule has 0 aliphatic heterocycles. The van der Waals surface area contributed by atoms with Crippen LogP contribution >= 0.6 is 34.5 Å². The summed E-state index contributed by atoms with van der Waals surface area (Å²) in [6.07, 6.45) is 4.51. The van der Waals surface area contributed by atoms with Crippen LogP contribution in [0, 0.1) is 0 Å². The predicted molar refractivity (Wildman–Crippen MR) is 93.9 cm³/mol. The third-order valence-corrected chi connectivity index (χ3v) is 4.19. The fourth-order valence-electron chi connectivity index (χ4n) is 1.84. The summed E-state index contributed by atoms with van der Waals surface area (Å²) < 4.78 is 5.11. The standard InChI is InChI=1S/C16H10Cl2N2O2S/c17-10-3-5-12(13(18)8-10)14-9-23-16(19-14)20-15(21)6-4-11-2-1-7-22-11/h1-9H,(H,19,20,21)/b6-4+. The van der Waals surface area contributed by atoms with Gasteiger partial charge in [-0.05, 0) is 36.4 Å². The van der Waals surface area contributed by atoms with Crippen molar-refractivity contribution in [2.45, 2.75) is 0 Å². The Morgan fingerprint density at radius 3 is 2.91 bits per heavy atom. The molecular formula is C16H10Cl2N2O2S. The number of nitrogens with one attached hydrogen (secondary N) is 1. The molecule has 0 spiro atoms. The van der Waals surface area contributed by atoms with E-state index in [-0.39, 0.29) is 5.91 Å². The Morgan fingerprint density at radius 1 is 1.30 bits per heavy atom. The molecule has 0 radical (unpaired) electrons. The average Bonchev–Trinajstić information content (AvgIpc) is 3.17. The molecule has 0 atom stereocenters. The lowest BCUT2D eigenvalue weighted by atomic mass is 10.2. The van der Waals surface area contributed by atoms with E-state index in [0.717, 1.165) is 5.56 Å². The number of furan rings is 1. The summed E-state index contributed by atoms with van der Waals surface area (Å²) in [5.74, 6) is 0.317. The normalized spacial score (nSPS) is 11.0. The molecule has 1 N–H and O–H groups in total. The van der Waals surface area contributed by atoms with E-state index in [4.69, 9.17) is 27.6 Å². The minimum atomic E-state index is -0.287. The summed E-state index contributed by atoms with van der Waals surface area (Å²) in [7, 11) is 0. The van der Waals surface area contributed by atoms with Crippen molar-refractivity contribution in [2.24, 2.45) is 0 Å². The van der Waals surface area contributed by atoms with Gasteiger partial charge in [0.25, 0.3) is 0 Å². The molecule has 0 saturated heterocycles. The molecule has 2 heterocycles.